The predicted molar refractivity (Wildman–Crippen MR) is 100.0 cm³/mol. The Bertz CT molecular complexity index is 753. The fraction of sp³-hybridized carbons (Fsp3) is 0.444. The molecule has 3 rings (SSSR count). The molecule has 7 heteroatoms. The van der Waals surface area contributed by atoms with Crippen molar-refractivity contribution in [2.24, 2.45) is 0 Å². The van der Waals surface area contributed by atoms with Crippen LogP contribution in [0.5, 0.6) is 0 Å². The summed E-state index contributed by atoms with van der Waals surface area (Å²) in [6.45, 7) is 7.73. The molecular weight excluding hydrogens is 359 g/mol. The average Bonchev–Trinajstić information content (AvgIpc) is 3.03. The molecule has 1 aromatic heterocycles. The minimum Gasteiger partial charge on any atom is -0.338 e. The van der Waals surface area contributed by atoms with Gasteiger partial charge in [-0.1, -0.05) is 29.3 Å². The fourth-order valence-electron chi connectivity index (χ4n) is 3.17. The van der Waals surface area contributed by atoms with Crippen molar-refractivity contribution >= 4 is 29.1 Å². The maximum absolute atomic E-state index is 12.7. The molecule has 2 aromatic rings. The molecule has 1 aliphatic heterocycles. The number of nitrogens with zero attached hydrogens (tertiary/aromatic N) is 4. The second-order valence-electron chi connectivity index (χ2n) is 6.43. The summed E-state index contributed by atoms with van der Waals surface area (Å²) in [6, 6.07) is 7.23. The van der Waals surface area contributed by atoms with Gasteiger partial charge in [0, 0.05) is 54.7 Å². The van der Waals surface area contributed by atoms with E-state index in [1.165, 1.54) is 0 Å². The molecule has 134 valence electrons. The number of benzene rings is 1. The molecule has 0 aliphatic carbocycles. The molecule has 25 heavy (non-hydrogen) atoms. The van der Waals surface area contributed by atoms with Crippen molar-refractivity contribution in [1.29, 1.82) is 0 Å². The number of rotatable bonds is 4. The maximum Gasteiger partial charge on any atom is 0.247 e. The Hall–Kier alpha value is -1.56. The lowest BCUT2D eigenvalue weighted by atomic mass is 10.2. The second kappa shape index (κ2) is 7.77. The van der Waals surface area contributed by atoms with Crippen LogP contribution >= 0.6 is 23.2 Å². The molecule has 0 spiro atoms. The minimum absolute atomic E-state index is 0.121. The van der Waals surface area contributed by atoms with E-state index < -0.39 is 0 Å². The SMILES string of the molecule is Cc1ccnn1C(C)C(=O)N1CCN(Cc2ccc(Cl)cc2Cl)CC1. The normalized spacial score (nSPS) is 16.9. The van der Waals surface area contributed by atoms with Crippen LogP contribution in [0.3, 0.4) is 0 Å². The Balaban J connectivity index is 1.56. The first-order valence-electron chi connectivity index (χ1n) is 8.41. The molecule has 0 radical (unpaired) electrons. The quantitative estimate of drug-likeness (QED) is 0.815. The predicted octanol–water partition coefficient (Wildman–Crippen LogP) is 3.40. The number of aryl methyl sites for hydroxylation is 1. The Morgan fingerprint density at radius 3 is 2.52 bits per heavy atom. The zero-order valence-corrected chi connectivity index (χ0v) is 16.0. The molecule has 1 aliphatic rings. The maximum atomic E-state index is 12.7. The first kappa shape index (κ1) is 18.2. The van der Waals surface area contributed by atoms with Gasteiger partial charge >= 0.3 is 0 Å². The van der Waals surface area contributed by atoms with E-state index in [2.05, 4.69) is 10.00 Å². The van der Waals surface area contributed by atoms with Crippen LogP contribution < -0.4 is 0 Å². The second-order valence-corrected chi connectivity index (χ2v) is 7.27. The van der Waals surface area contributed by atoms with Gasteiger partial charge in [-0.05, 0) is 37.6 Å². The Kier molecular flexibility index (Phi) is 5.67. The number of hydrogen-bond acceptors (Lipinski definition) is 3. The molecule has 0 N–H and O–H groups in total. The average molecular weight is 381 g/mol. The lowest BCUT2D eigenvalue weighted by Crippen LogP contribution is -2.50. The van der Waals surface area contributed by atoms with E-state index in [4.69, 9.17) is 23.2 Å². The van der Waals surface area contributed by atoms with E-state index in [1.807, 2.05) is 36.9 Å². The summed E-state index contributed by atoms with van der Waals surface area (Å²) in [4.78, 5) is 16.9. The number of aromatic nitrogens is 2. The third kappa shape index (κ3) is 4.17. The van der Waals surface area contributed by atoms with Gasteiger partial charge in [-0.15, -0.1) is 0 Å². The van der Waals surface area contributed by atoms with E-state index in [-0.39, 0.29) is 11.9 Å². The first-order valence-corrected chi connectivity index (χ1v) is 9.16. The summed E-state index contributed by atoms with van der Waals surface area (Å²) < 4.78 is 1.78. The van der Waals surface area contributed by atoms with Crippen LogP contribution in [0.2, 0.25) is 10.0 Å². The monoisotopic (exact) mass is 380 g/mol. The van der Waals surface area contributed by atoms with Gasteiger partial charge in [0.05, 0.1) is 0 Å². The van der Waals surface area contributed by atoms with Crippen LogP contribution in [0.15, 0.2) is 30.5 Å². The molecule has 5 nitrogen and oxygen atoms in total. The molecule has 1 aromatic carbocycles. The Morgan fingerprint density at radius 2 is 1.92 bits per heavy atom. The smallest absolute Gasteiger partial charge is 0.247 e. The number of piperazine rings is 1. The van der Waals surface area contributed by atoms with Crippen molar-refractivity contribution in [1.82, 2.24) is 19.6 Å². The summed E-state index contributed by atoms with van der Waals surface area (Å²) in [5.41, 5.74) is 2.06. The number of carbonyl (C=O) groups excluding carboxylic acids is 1. The molecular formula is C18H22Cl2N4O. The van der Waals surface area contributed by atoms with Crippen LogP contribution in [0, 0.1) is 6.92 Å². The van der Waals surface area contributed by atoms with Crippen molar-refractivity contribution in [2.75, 3.05) is 26.2 Å². The third-order valence-electron chi connectivity index (χ3n) is 4.69. The van der Waals surface area contributed by atoms with Crippen LogP contribution in [-0.4, -0.2) is 51.7 Å². The highest BCUT2D eigenvalue weighted by Gasteiger charge is 2.26. The van der Waals surface area contributed by atoms with Crippen LogP contribution in [-0.2, 0) is 11.3 Å². The number of halogens is 2. The highest BCUT2D eigenvalue weighted by molar-refractivity contribution is 6.35. The standard InChI is InChI=1S/C18H22Cl2N4O/c1-13-5-6-21-24(13)14(2)18(25)23-9-7-22(8-10-23)12-15-3-4-16(19)11-17(15)20/h3-6,11,14H,7-10,12H2,1-2H3. The van der Waals surface area contributed by atoms with Crippen LogP contribution in [0.1, 0.15) is 24.2 Å². The third-order valence-corrected chi connectivity index (χ3v) is 5.27. The molecule has 0 bridgehead atoms. The largest absolute Gasteiger partial charge is 0.338 e. The van der Waals surface area contributed by atoms with E-state index in [1.54, 1.807) is 16.9 Å². The molecule has 1 unspecified atom stereocenters. The van der Waals surface area contributed by atoms with Crippen molar-refractivity contribution in [2.45, 2.75) is 26.4 Å². The van der Waals surface area contributed by atoms with Crippen molar-refractivity contribution < 1.29 is 4.79 Å². The summed E-state index contributed by atoms with van der Waals surface area (Å²) >= 11 is 12.2. The van der Waals surface area contributed by atoms with Crippen molar-refractivity contribution in [3.63, 3.8) is 0 Å². The highest BCUT2D eigenvalue weighted by Crippen LogP contribution is 2.23. The molecule has 1 fully saturated rings. The number of hydrogen-bond donors (Lipinski definition) is 0. The summed E-state index contributed by atoms with van der Waals surface area (Å²) in [6.07, 6.45) is 1.73. The van der Waals surface area contributed by atoms with Gasteiger partial charge in [0.15, 0.2) is 0 Å². The fourth-order valence-corrected chi connectivity index (χ4v) is 3.64. The zero-order chi connectivity index (χ0) is 18.0. The lowest BCUT2D eigenvalue weighted by Gasteiger charge is -2.36. The zero-order valence-electron chi connectivity index (χ0n) is 14.5. The number of carbonyl (C=O) groups is 1. The summed E-state index contributed by atoms with van der Waals surface area (Å²) in [5, 5.41) is 5.59. The van der Waals surface area contributed by atoms with Crippen molar-refractivity contribution in [3.05, 3.63) is 51.8 Å². The van der Waals surface area contributed by atoms with Gasteiger partial charge in [-0.2, -0.15) is 5.10 Å². The van der Waals surface area contributed by atoms with Gasteiger partial charge in [-0.25, -0.2) is 0 Å². The van der Waals surface area contributed by atoms with Crippen molar-refractivity contribution in [3.8, 4) is 0 Å². The van der Waals surface area contributed by atoms with E-state index in [9.17, 15) is 4.79 Å². The lowest BCUT2D eigenvalue weighted by molar-refractivity contribution is -0.136. The van der Waals surface area contributed by atoms with E-state index >= 15 is 0 Å². The van der Waals surface area contributed by atoms with Gasteiger partial charge < -0.3 is 4.90 Å². The molecule has 1 atom stereocenters. The van der Waals surface area contributed by atoms with Gasteiger partial charge in [-0.3, -0.25) is 14.4 Å². The topological polar surface area (TPSA) is 41.4 Å². The van der Waals surface area contributed by atoms with Gasteiger partial charge in [0.2, 0.25) is 5.91 Å². The minimum atomic E-state index is -0.271. The molecule has 2 heterocycles. The molecule has 0 saturated carbocycles. The highest BCUT2D eigenvalue weighted by atomic mass is 35.5. The Labute approximate surface area is 158 Å². The number of amides is 1. The van der Waals surface area contributed by atoms with Crippen LogP contribution in [0.25, 0.3) is 0 Å². The van der Waals surface area contributed by atoms with Gasteiger partial charge in [0.1, 0.15) is 6.04 Å². The summed E-state index contributed by atoms with van der Waals surface area (Å²) in [7, 11) is 0. The molecule has 1 amide bonds. The Morgan fingerprint density at radius 1 is 1.20 bits per heavy atom. The van der Waals surface area contributed by atoms with Crippen LogP contribution in [0.4, 0.5) is 0 Å². The summed E-state index contributed by atoms with van der Waals surface area (Å²) in [5.74, 6) is 0.121. The van der Waals surface area contributed by atoms with Gasteiger partial charge in [0.25, 0.3) is 0 Å². The molecule has 1 saturated heterocycles. The van der Waals surface area contributed by atoms with E-state index in [0.717, 1.165) is 30.9 Å². The first-order chi connectivity index (χ1) is 12.0. The van der Waals surface area contributed by atoms with E-state index in [0.29, 0.717) is 23.1 Å².